The maximum absolute atomic E-state index is 13.3. The first kappa shape index (κ1) is 97.8. The van der Waals surface area contributed by atoms with Crippen molar-refractivity contribution in [2.75, 3.05) is 19.0 Å². The lowest BCUT2D eigenvalue weighted by Gasteiger charge is -2.30. The number of anilines is 1. The number of para-hydroxylation sites is 2. The molecule has 13 aromatic carbocycles. The highest BCUT2D eigenvalue weighted by Gasteiger charge is 2.27. The molecule has 0 saturated carbocycles. The molecule has 0 amide bonds. The molecule has 138 heavy (non-hydrogen) atoms. The number of allylic oxidation sites excluding steroid dienone is 2. The summed E-state index contributed by atoms with van der Waals surface area (Å²) in [7, 11) is 3.73. The van der Waals surface area contributed by atoms with E-state index in [1.54, 1.807) is 86.5 Å². The van der Waals surface area contributed by atoms with E-state index < -0.39 is 29.8 Å². The molecule has 5 heterocycles. The lowest BCUT2D eigenvalue weighted by Crippen LogP contribution is -2.17. The maximum Gasteiger partial charge on any atom is 0.323 e. The highest BCUT2D eigenvalue weighted by Crippen LogP contribution is 2.42. The molecule has 0 saturated heterocycles. The van der Waals surface area contributed by atoms with Gasteiger partial charge in [-0.2, -0.15) is 0 Å². The zero-order chi connectivity index (χ0) is 98.6. The number of hydrogen-bond donors (Lipinski definition) is 5. The molecule has 0 bridgehead atoms. The average molecular weight is 1920 g/mol. The largest absolute Gasteiger partial charge is 0.480 e. The van der Waals surface area contributed by atoms with E-state index in [2.05, 4.69) is 84.0 Å². The molecule has 25 heteroatoms. The number of fused-ring (bicyclic) bond motifs is 10. The van der Waals surface area contributed by atoms with Gasteiger partial charge in [0.2, 0.25) is 0 Å². The Labute approximate surface area is 813 Å². The normalized spacial score (nSPS) is 12.3. The van der Waals surface area contributed by atoms with Crippen molar-refractivity contribution >= 4 is 197 Å². The summed E-state index contributed by atoms with van der Waals surface area (Å²) in [5.74, 6) is -4.42. The zero-order valence-electron chi connectivity index (χ0n) is 77.4. The van der Waals surface area contributed by atoms with Gasteiger partial charge in [-0.15, -0.1) is 0 Å². The van der Waals surface area contributed by atoms with Crippen LogP contribution in [0.2, 0.25) is 20.1 Å². The predicted molar refractivity (Wildman–Crippen MR) is 558 cm³/mol. The molecule has 21 nitrogen and oxygen atoms in total. The highest BCUT2D eigenvalue weighted by atomic mass is 35.5. The summed E-state index contributed by atoms with van der Waals surface area (Å²) in [5, 5.41) is 52.7. The van der Waals surface area contributed by atoms with Gasteiger partial charge in [0, 0.05) is 73.6 Å². The Morgan fingerprint density at radius 2 is 0.710 bits per heavy atom. The lowest BCUT2D eigenvalue weighted by atomic mass is 9.75. The van der Waals surface area contributed by atoms with E-state index in [9.17, 15) is 73.5 Å². The summed E-state index contributed by atoms with van der Waals surface area (Å²) in [6, 6.07) is 79.3. The fourth-order valence-electron chi connectivity index (χ4n) is 18.4. The van der Waals surface area contributed by atoms with Crippen molar-refractivity contribution in [3.8, 4) is 11.1 Å². The third-order valence-electron chi connectivity index (χ3n) is 25.5. The second-order valence-electron chi connectivity index (χ2n) is 36.1. The number of hydrogen-bond acceptors (Lipinski definition) is 11. The number of carbonyl (C=O) groups is 5. The molecule has 0 unspecified atom stereocenters. The van der Waals surface area contributed by atoms with E-state index >= 15 is 0 Å². The van der Waals surface area contributed by atoms with Crippen molar-refractivity contribution in [3.63, 3.8) is 0 Å². The van der Waals surface area contributed by atoms with E-state index in [0.29, 0.717) is 115 Å². The molecule has 5 aromatic heterocycles. The number of aliphatic carboxylic acids is 5. The summed E-state index contributed by atoms with van der Waals surface area (Å²) in [6.45, 7) is 13.8. The van der Waals surface area contributed by atoms with Crippen molar-refractivity contribution in [1.29, 1.82) is 0 Å². The third-order valence-corrected chi connectivity index (χ3v) is 27.1. The number of benzene rings is 13. The van der Waals surface area contributed by atoms with Crippen LogP contribution >= 0.6 is 46.4 Å². The average Bonchev–Trinajstić information content (AvgIpc) is 0.743. The number of aryl methyl sites for hydroxylation is 7. The second-order valence-corrected chi connectivity index (χ2v) is 37.7. The summed E-state index contributed by atoms with van der Waals surface area (Å²) in [6.07, 6.45) is 8.90. The number of carboxylic acid groups (broad SMARTS) is 5. The minimum Gasteiger partial charge on any atom is -0.480 e. The van der Waals surface area contributed by atoms with Crippen molar-refractivity contribution in [1.82, 2.24) is 22.8 Å². The van der Waals surface area contributed by atoms with E-state index in [1.165, 1.54) is 48.9 Å². The number of pyridine rings is 5. The Kier molecular flexibility index (Phi) is 29.4. The van der Waals surface area contributed by atoms with Crippen LogP contribution in [0.5, 0.6) is 0 Å². The van der Waals surface area contributed by atoms with Crippen molar-refractivity contribution < 1.29 is 49.5 Å². The van der Waals surface area contributed by atoms with E-state index in [1.807, 2.05) is 172 Å². The number of nitrogens with zero attached hydrogens (tertiary/aromatic N) is 6. The highest BCUT2D eigenvalue weighted by molar-refractivity contribution is 6.46. The van der Waals surface area contributed by atoms with Crippen LogP contribution in [0.4, 0.5) is 5.69 Å². The Hall–Kier alpha value is -14.7. The van der Waals surface area contributed by atoms with Gasteiger partial charge < -0.3 is 53.3 Å². The van der Waals surface area contributed by atoms with E-state index in [0.717, 1.165) is 77.6 Å². The van der Waals surface area contributed by atoms with Gasteiger partial charge in [0.25, 0.3) is 0 Å². The molecule has 700 valence electrons. The minimum atomic E-state index is -1.04. The van der Waals surface area contributed by atoms with Crippen LogP contribution < -0.4 is 32.0 Å². The van der Waals surface area contributed by atoms with Gasteiger partial charge in [-0.1, -0.05) is 208 Å². The topological polar surface area (TPSA) is 300 Å². The van der Waals surface area contributed by atoms with Crippen molar-refractivity contribution in [3.05, 3.63) is 382 Å². The number of halogens is 4. The Morgan fingerprint density at radius 3 is 1.17 bits per heavy atom. The second kappa shape index (κ2) is 41.4. The Balaban J connectivity index is 0.000000131. The summed E-state index contributed by atoms with van der Waals surface area (Å²) in [5.41, 5.74) is 19.9. The van der Waals surface area contributed by atoms with E-state index in [-0.39, 0.29) is 85.4 Å². The smallest absolute Gasteiger partial charge is 0.323 e. The van der Waals surface area contributed by atoms with E-state index in [4.69, 9.17) is 46.4 Å². The number of aromatic nitrogens is 5. The molecular weight excluding hydrogens is 1820 g/mol. The molecule has 0 radical (unpaired) electrons. The van der Waals surface area contributed by atoms with Crippen molar-refractivity contribution in [2.24, 2.45) is 5.41 Å². The monoisotopic (exact) mass is 1920 g/mol. The molecule has 5 N–H and O–H groups in total. The lowest BCUT2D eigenvalue weighted by molar-refractivity contribution is -0.138. The van der Waals surface area contributed by atoms with Gasteiger partial charge >= 0.3 is 29.8 Å². The third kappa shape index (κ3) is 21.0. The fourth-order valence-corrected chi connectivity index (χ4v) is 19.3. The van der Waals surface area contributed by atoms with Gasteiger partial charge in [-0.05, 0) is 271 Å². The molecule has 19 rings (SSSR count). The Bertz CT molecular complexity index is 8360. The number of carboxylic acids is 5. The van der Waals surface area contributed by atoms with Gasteiger partial charge in [0.1, 0.15) is 32.7 Å². The van der Waals surface area contributed by atoms with Crippen LogP contribution in [-0.2, 0) is 82.4 Å². The summed E-state index contributed by atoms with van der Waals surface area (Å²) in [4.78, 5) is 124. The first-order chi connectivity index (χ1) is 65.9. The van der Waals surface area contributed by atoms with Crippen LogP contribution in [0, 0.1) is 26.2 Å². The van der Waals surface area contributed by atoms with Crippen LogP contribution in [0.15, 0.2) is 285 Å². The molecule has 0 fully saturated rings. The van der Waals surface area contributed by atoms with Crippen LogP contribution in [0.25, 0.3) is 126 Å². The number of rotatable bonds is 20. The Morgan fingerprint density at radius 1 is 0.355 bits per heavy atom. The molecule has 0 spiro atoms. The minimum absolute atomic E-state index is 0.0419. The first-order valence-corrected chi connectivity index (χ1v) is 46.6. The zero-order valence-corrected chi connectivity index (χ0v) is 80.4. The first-order valence-electron chi connectivity index (χ1n) is 45.1. The van der Waals surface area contributed by atoms with Gasteiger partial charge in [-0.3, -0.25) is 47.9 Å². The molecular formula is C113H100Cl4N6O15. The molecule has 1 aliphatic rings. The van der Waals surface area contributed by atoms with Gasteiger partial charge in [0.15, 0.2) is 27.1 Å². The summed E-state index contributed by atoms with van der Waals surface area (Å²) < 4.78 is 8.22. The molecule has 0 aliphatic heterocycles. The van der Waals surface area contributed by atoms with Gasteiger partial charge in [-0.25, -0.2) is 0 Å². The predicted octanol–water partition coefficient (Wildman–Crippen LogP) is 23.8. The standard InChI is InChI=1S/C25H23NO3.C24H19Cl2NO3.C24H21NO3.C23H23NO3.C17H14Cl2N2O3/c1-16-7-11-20-23(13-16)26(15-24(27)28)22-12-9-18(14-21(22)25(20)29)8-10-19-6-4-3-5-17(19)2;1-13(2)14-3-5-15(6-4-14)16-7-10-20-18(11-16)24(30)17-8-9-19(25)22(26)23(17)27(20)12-21(28)29;1-16-6-2-3-7-18(16)12-10-17-11-13-22-20(14-17)24(28)19-8-4-5-9-21(19)25(22)15-23(26)27;1-23(2)11-5-6-16(13-23)15-9-10-20-18(12-15)22(27)17-7-3-4-8-19(17)24(20)14-21(25)26;1-20(2)9-3-4-10-13(7-9)21(8-14(22)23)16-11(17(10)24)5-6-12(18)15(16)19/h3-7,9,11-14H,8,10,15H2,1-2H3,(H,27,28);3-11,13H,12H2,1-2H3,(H,28,29);2-9,11,13-14H,10,12,15H2,1H3,(H,26,27);3-4,6-10,12H,5,11,13-14H2,1-2H3,(H,25,26);3-7H,8H2,1-2H3,(H,22,23). The molecule has 1 aliphatic carbocycles. The summed E-state index contributed by atoms with van der Waals surface area (Å²) >= 11 is 24.9. The van der Waals surface area contributed by atoms with Crippen LogP contribution in [-0.4, -0.2) is 92.3 Å². The maximum atomic E-state index is 13.3. The molecule has 18 aromatic rings. The van der Waals surface area contributed by atoms with Crippen LogP contribution in [0.1, 0.15) is 103 Å². The van der Waals surface area contributed by atoms with Crippen molar-refractivity contribution in [2.45, 2.75) is 132 Å². The molecule has 0 atom stereocenters. The van der Waals surface area contributed by atoms with Gasteiger partial charge in [0.05, 0.1) is 75.3 Å². The quantitative estimate of drug-likeness (QED) is 0.0443. The van der Waals surface area contributed by atoms with Crippen LogP contribution in [0.3, 0.4) is 0 Å². The SMILES string of the molecule is CC(C)c1ccc(-c2ccc3c(c2)c(=O)c2ccc(Cl)c(Cl)c2n3CC(=O)O)cc1.CC1(C)CCC=C(c2ccc3c(c2)c(=O)c2ccccc2n3CC(=O)O)C1.CN(C)c1ccc2c(=O)c3ccc(Cl)c(Cl)c3n(CC(=O)O)c2c1.Cc1ccc2c(=O)c3cc(CCc4ccccc4C)ccc3n(CC(=O)O)c2c1.Cc1ccccc1CCc1ccc2c(c1)c(=O)c1ccccc1n2CC(=O)O. The fraction of sp³-hybridized carbons (Fsp3) is 0.204.